The van der Waals surface area contributed by atoms with Crippen LogP contribution in [0.15, 0.2) is 6.07 Å². The van der Waals surface area contributed by atoms with E-state index >= 15 is 0 Å². The molecule has 0 aliphatic rings. The molecule has 0 saturated carbocycles. The molecule has 0 spiro atoms. The van der Waals surface area contributed by atoms with E-state index in [1.54, 1.807) is 0 Å². The van der Waals surface area contributed by atoms with Gasteiger partial charge in [0.25, 0.3) is 0 Å². The van der Waals surface area contributed by atoms with Crippen molar-refractivity contribution in [3.8, 4) is 0 Å². The van der Waals surface area contributed by atoms with Gasteiger partial charge in [-0.2, -0.15) is 5.10 Å². The lowest BCUT2D eigenvalue weighted by molar-refractivity contribution is 0.128. The number of nitrogens with two attached hydrogens (primary N) is 1. The minimum atomic E-state index is 0.0676. The van der Waals surface area contributed by atoms with Crippen molar-refractivity contribution in [2.24, 2.45) is 12.8 Å². The van der Waals surface area contributed by atoms with E-state index in [1.165, 1.54) is 5.69 Å². The van der Waals surface area contributed by atoms with Crippen molar-refractivity contribution in [2.75, 3.05) is 13.6 Å². The van der Waals surface area contributed by atoms with Gasteiger partial charge in [0, 0.05) is 25.7 Å². The molecule has 0 aliphatic carbocycles. The second kappa shape index (κ2) is 4.97. The monoisotopic (exact) mass is 224 g/mol. The topological polar surface area (TPSA) is 47.1 Å². The van der Waals surface area contributed by atoms with Crippen molar-refractivity contribution in [3.63, 3.8) is 0 Å². The molecule has 4 nitrogen and oxygen atoms in total. The van der Waals surface area contributed by atoms with Gasteiger partial charge in [-0.25, -0.2) is 0 Å². The smallest absolute Gasteiger partial charge is 0.0597 e. The lowest BCUT2D eigenvalue weighted by atomic mass is 9.97. The summed E-state index contributed by atoms with van der Waals surface area (Å²) >= 11 is 0. The van der Waals surface area contributed by atoms with Crippen LogP contribution in [0, 0.1) is 6.92 Å². The Labute approximate surface area is 98.4 Å². The van der Waals surface area contributed by atoms with Crippen LogP contribution in [-0.2, 0) is 13.6 Å². The van der Waals surface area contributed by atoms with E-state index < -0.39 is 0 Å². The van der Waals surface area contributed by atoms with Gasteiger partial charge >= 0.3 is 0 Å². The van der Waals surface area contributed by atoms with Crippen LogP contribution in [0.3, 0.4) is 0 Å². The number of aromatic nitrogens is 2. The van der Waals surface area contributed by atoms with Gasteiger partial charge < -0.3 is 5.73 Å². The van der Waals surface area contributed by atoms with Crippen molar-refractivity contribution in [1.29, 1.82) is 0 Å². The normalized spacial score (nSPS) is 15.4. The molecule has 0 aliphatic heterocycles. The standard InChI is InChI=1S/C12H24N4/c1-6-12(3,9-13)15(4)8-11-7-10(2)14-16(11)5/h7H,6,8-9,13H2,1-5H3. The highest BCUT2D eigenvalue weighted by atomic mass is 15.3. The fourth-order valence-electron chi connectivity index (χ4n) is 1.82. The molecule has 0 bridgehead atoms. The van der Waals surface area contributed by atoms with Crippen LogP contribution in [0.5, 0.6) is 0 Å². The molecule has 1 unspecified atom stereocenters. The molecule has 0 amide bonds. The Kier molecular flexibility index (Phi) is 4.10. The number of likely N-dealkylation sites (N-methyl/N-ethyl adjacent to an activating group) is 1. The molecule has 1 atom stereocenters. The van der Waals surface area contributed by atoms with Gasteiger partial charge in [0.05, 0.1) is 11.4 Å². The predicted octanol–water partition coefficient (Wildman–Crippen LogP) is 1.29. The maximum Gasteiger partial charge on any atom is 0.0597 e. The number of rotatable bonds is 5. The van der Waals surface area contributed by atoms with E-state index in [0.29, 0.717) is 6.54 Å². The Morgan fingerprint density at radius 3 is 2.56 bits per heavy atom. The first-order valence-corrected chi connectivity index (χ1v) is 5.83. The molecule has 0 saturated heterocycles. The molecule has 0 aromatic carbocycles. The van der Waals surface area contributed by atoms with Gasteiger partial charge in [-0.05, 0) is 33.4 Å². The minimum Gasteiger partial charge on any atom is -0.329 e. The lowest BCUT2D eigenvalue weighted by Gasteiger charge is -2.37. The predicted molar refractivity (Wildman–Crippen MR) is 67.2 cm³/mol. The van der Waals surface area contributed by atoms with Crippen LogP contribution in [-0.4, -0.2) is 33.8 Å². The molecule has 1 heterocycles. The van der Waals surface area contributed by atoms with Crippen molar-refractivity contribution in [1.82, 2.24) is 14.7 Å². The molecular weight excluding hydrogens is 200 g/mol. The van der Waals surface area contributed by atoms with E-state index in [4.69, 9.17) is 5.73 Å². The third-order valence-electron chi connectivity index (χ3n) is 3.62. The maximum absolute atomic E-state index is 5.85. The molecule has 1 aromatic heterocycles. The SMILES string of the molecule is CCC(C)(CN)N(C)Cc1cc(C)nn1C. The molecule has 1 aromatic rings. The van der Waals surface area contributed by atoms with E-state index in [9.17, 15) is 0 Å². The van der Waals surface area contributed by atoms with Crippen molar-refractivity contribution < 1.29 is 0 Å². The molecule has 4 heteroatoms. The summed E-state index contributed by atoms with van der Waals surface area (Å²) in [6, 6.07) is 2.13. The summed E-state index contributed by atoms with van der Waals surface area (Å²) in [4.78, 5) is 2.31. The first-order valence-electron chi connectivity index (χ1n) is 5.83. The molecule has 0 fully saturated rings. The summed E-state index contributed by atoms with van der Waals surface area (Å²) in [6.07, 6.45) is 1.05. The van der Waals surface area contributed by atoms with Crippen LogP contribution in [0.1, 0.15) is 31.7 Å². The zero-order chi connectivity index (χ0) is 12.3. The van der Waals surface area contributed by atoms with Gasteiger partial charge in [0.15, 0.2) is 0 Å². The second-order valence-corrected chi connectivity index (χ2v) is 4.81. The van der Waals surface area contributed by atoms with E-state index in [-0.39, 0.29) is 5.54 Å². The highest BCUT2D eigenvalue weighted by Crippen LogP contribution is 2.18. The van der Waals surface area contributed by atoms with Gasteiger partial charge in [0.2, 0.25) is 0 Å². The zero-order valence-electron chi connectivity index (χ0n) is 11.1. The van der Waals surface area contributed by atoms with Gasteiger partial charge in [-0.3, -0.25) is 9.58 Å². The van der Waals surface area contributed by atoms with E-state index in [2.05, 4.69) is 37.0 Å². The van der Waals surface area contributed by atoms with Crippen molar-refractivity contribution in [3.05, 3.63) is 17.5 Å². The van der Waals surface area contributed by atoms with Gasteiger partial charge in [-0.15, -0.1) is 0 Å². The summed E-state index contributed by atoms with van der Waals surface area (Å²) in [5, 5.41) is 4.36. The Hall–Kier alpha value is -0.870. The van der Waals surface area contributed by atoms with Crippen LogP contribution in [0.2, 0.25) is 0 Å². The summed E-state index contributed by atoms with van der Waals surface area (Å²) in [5.41, 5.74) is 8.22. The second-order valence-electron chi connectivity index (χ2n) is 4.81. The summed E-state index contributed by atoms with van der Waals surface area (Å²) in [6.45, 7) is 7.97. The largest absolute Gasteiger partial charge is 0.329 e. The first-order chi connectivity index (χ1) is 7.42. The number of aryl methyl sites for hydroxylation is 2. The van der Waals surface area contributed by atoms with Crippen LogP contribution < -0.4 is 5.73 Å². The summed E-state index contributed by atoms with van der Waals surface area (Å²) < 4.78 is 1.94. The third kappa shape index (κ3) is 2.62. The first kappa shape index (κ1) is 13.2. The fourth-order valence-corrected chi connectivity index (χ4v) is 1.82. The highest BCUT2D eigenvalue weighted by Gasteiger charge is 2.26. The minimum absolute atomic E-state index is 0.0676. The molecular formula is C12H24N4. The summed E-state index contributed by atoms with van der Waals surface area (Å²) in [7, 11) is 4.11. The Balaban J connectivity index is 2.77. The molecule has 92 valence electrons. The number of nitrogens with zero attached hydrogens (tertiary/aromatic N) is 3. The zero-order valence-corrected chi connectivity index (χ0v) is 11.1. The van der Waals surface area contributed by atoms with Crippen LogP contribution in [0.25, 0.3) is 0 Å². The molecule has 2 N–H and O–H groups in total. The number of hydrogen-bond acceptors (Lipinski definition) is 3. The quantitative estimate of drug-likeness (QED) is 0.820. The van der Waals surface area contributed by atoms with Crippen LogP contribution >= 0.6 is 0 Å². The Morgan fingerprint density at radius 2 is 2.19 bits per heavy atom. The van der Waals surface area contributed by atoms with Crippen molar-refractivity contribution in [2.45, 2.75) is 39.3 Å². The van der Waals surface area contributed by atoms with E-state index in [1.807, 2.05) is 18.7 Å². The molecule has 16 heavy (non-hydrogen) atoms. The number of hydrogen-bond donors (Lipinski definition) is 1. The van der Waals surface area contributed by atoms with Crippen molar-refractivity contribution >= 4 is 0 Å². The average Bonchev–Trinajstić information content (AvgIpc) is 2.56. The molecule has 0 radical (unpaired) electrons. The highest BCUT2D eigenvalue weighted by molar-refractivity contribution is 5.09. The summed E-state index contributed by atoms with van der Waals surface area (Å²) in [5.74, 6) is 0. The maximum atomic E-state index is 5.85. The van der Waals surface area contributed by atoms with Gasteiger partial charge in [-0.1, -0.05) is 6.92 Å². The van der Waals surface area contributed by atoms with Crippen LogP contribution in [0.4, 0.5) is 0 Å². The Morgan fingerprint density at radius 1 is 1.56 bits per heavy atom. The average molecular weight is 224 g/mol. The lowest BCUT2D eigenvalue weighted by Crippen LogP contribution is -2.48. The Bertz CT molecular complexity index is 339. The van der Waals surface area contributed by atoms with E-state index in [0.717, 1.165) is 18.7 Å². The third-order valence-corrected chi connectivity index (χ3v) is 3.62. The van der Waals surface area contributed by atoms with Gasteiger partial charge in [0.1, 0.15) is 0 Å². The fraction of sp³-hybridized carbons (Fsp3) is 0.750. The molecule has 1 rings (SSSR count).